The largest absolute Gasteiger partial charge is 0.481 e. The van der Waals surface area contributed by atoms with Gasteiger partial charge >= 0.3 is 5.97 Å². The third-order valence-corrected chi connectivity index (χ3v) is 3.15. The molecule has 0 spiro atoms. The van der Waals surface area contributed by atoms with E-state index in [0.717, 1.165) is 0 Å². The van der Waals surface area contributed by atoms with E-state index >= 15 is 0 Å². The van der Waals surface area contributed by atoms with E-state index in [1.165, 1.54) is 12.3 Å². The van der Waals surface area contributed by atoms with E-state index < -0.39 is 5.97 Å². The van der Waals surface area contributed by atoms with E-state index in [9.17, 15) is 9.59 Å². The summed E-state index contributed by atoms with van der Waals surface area (Å²) in [6.07, 6.45) is 2.15. The third-order valence-electron chi connectivity index (χ3n) is 3.15. The van der Waals surface area contributed by atoms with Crippen molar-refractivity contribution >= 4 is 11.9 Å². The van der Waals surface area contributed by atoms with Gasteiger partial charge in [0.2, 0.25) is 0 Å². The predicted molar refractivity (Wildman–Crippen MR) is 65.2 cm³/mol. The van der Waals surface area contributed by atoms with Gasteiger partial charge in [0.25, 0.3) is 5.91 Å². The molecule has 1 unspecified atom stereocenters. The summed E-state index contributed by atoms with van der Waals surface area (Å²) in [6.45, 7) is 1.01. The fourth-order valence-corrected chi connectivity index (χ4v) is 2.18. The number of hydrogen-bond donors (Lipinski definition) is 1. The maximum atomic E-state index is 12.1. The highest BCUT2D eigenvalue weighted by molar-refractivity contribution is 5.92. The molecule has 1 atom stereocenters. The Labute approximate surface area is 110 Å². The number of hydrogen-bond acceptors (Lipinski definition) is 4. The predicted octanol–water partition coefficient (Wildman–Crippen LogP) is 0.890. The number of likely N-dealkylation sites (tertiary alicyclic amines) is 1. The van der Waals surface area contributed by atoms with Crippen molar-refractivity contribution < 1.29 is 14.7 Å². The summed E-state index contributed by atoms with van der Waals surface area (Å²) in [5.41, 5.74) is 0.691. The average molecular weight is 259 g/mol. The first-order valence-electron chi connectivity index (χ1n) is 5.97. The minimum absolute atomic E-state index is 0.0137. The Balaban J connectivity index is 2.01. The number of aromatic nitrogens is 1. The first kappa shape index (κ1) is 13.0. The van der Waals surface area contributed by atoms with Gasteiger partial charge < -0.3 is 10.0 Å². The van der Waals surface area contributed by atoms with Crippen LogP contribution in [0.4, 0.5) is 0 Å². The van der Waals surface area contributed by atoms with E-state index in [-0.39, 0.29) is 23.9 Å². The number of carbonyl (C=O) groups is 2. The quantitative estimate of drug-likeness (QED) is 0.869. The van der Waals surface area contributed by atoms with Gasteiger partial charge in [0, 0.05) is 25.7 Å². The second-order valence-corrected chi connectivity index (χ2v) is 4.55. The summed E-state index contributed by atoms with van der Waals surface area (Å²) in [4.78, 5) is 28.3. The van der Waals surface area contributed by atoms with Crippen LogP contribution in [0.1, 0.15) is 28.9 Å². The van der Waals surface area contributed by atoms with Crippen LogP contribution in [0.5, 0.6) is 0 Å². The van der Waals surface area contributed by atoms with Crippen LogP contribution >= 0.6 is 0 Å². The van der Waals surface area contributed by atoms with Gasteiger partial charge in [-0.05, 0) is 24.5 Å². The smallest absolute Gasteiger partial charge is 0.303 e. The zero-order chi connectivity index (χ0) is 13.8. The molecule has 1 saturated heterocycles. The maximum Gasteiger partial charge on any atom is 0.303 e. The molecule has 2 rings (SSSR count). The van der Waals surface area contributed by atoms with Crippen LogP contribution in [0.2, 0.25) is 0 Å². The summed E-state index contributed by atoms with van der Waals surface area (Å²) in [5.74, 6) is -1.03. The monoisotopic (exact) mass is 259 g/mol. The van der Waals surface area contributed by atoms with Crippen molar-refractivity contribution in [2.75, 3.05) is 13.1 Å². The lowest BCUT2D eigenvalue weighted by atomic mass is 10.1. The standard InChI is InChI=1S/C13H13N3O3/c14-6-10-1-2-11(15-7-10)13(19)16-4-3-9(8-16)5-12(17)18/h1-2,7,9H,3-5,8H2,(H,17,18). The van der Waals surface area contributed by atoms with Gasteiger partial charge in [0.15, 0.2) is 0 Å². The van der Waals surface area contributed by atoms with E-state index in [1.807, 2.05) is 6.07 Å². The molecule has 0 saturated carbocycles. The lowest BCUT2D eigenvalue weighted by molar-refractivity contribution is -0.138. The van der Waals surface area contributed by atoms with Gasteiger partial charge in [0.05, 0.1) is 5.56 Å². The summed E-state index contributed by atoms with van der Waals surface area (Å²) in [6, 6.07) is 5.00. The first-order valence-corrected chi connectivity index (χ1v) is 5.97. The number of nitrogens with zero attached hydrogens (tertiary/aromatic N) is 3. The summed E-state index contributed by atoms with van der Waals surface area (Å²) in [7, 11) is 0. The Kier molecular flexibility index (Phi) is 3.76. The summed E-state index contributed by atoms with van der Waals surface area (Å²) < 4.78 is 0. The number of aliphatic carboxylic acids is 1. The lowest BCUT2D eigenvalue weighted by Gasteiger charge is -2.15. The molecule has 0 radical (unpaired) electrons. The molecule has 1 amide bonds. The van der Waals surface area contributed by atoms with E-state index in [0.29, 0.717) is 25.1 Å². The molecule has 1 aromatic rings. The van der Waals surface area contributed by atoms with Crippen LogP contribution in [0, 0.1) is 17.2 Å². The molecule has 1 aliphatic heterocycles. The maximum absolute atomic E-state index is 12.1. The van der Waals surface area contributed by atoms with Crippen LogP contribution in [0.3, 0.4) is 0 Å². The molecular formula is C13H13N3O3. The summed E-state index contributed by atoms with van der Waals surface area (Å²) in [5, 5.41) is 17.4. The molecule has 6 nitrogen and oxygen atoms in total. The van der Waals surface area contributed by atoms with E-state index in [2.05, 4.69) is 4.98 Å². The number of carbonyl (C=O) groups excluding carboxylic acids is 1. The topological polar surface area (TPSA) is 94.3 Å². The van der Waals surface area contributed by atoms with Gasteiger partial charge in [-0.3, -0.25) is 9.59 Å². The number of amides is 1. The molecule has 2 heterocycles. The van der Waals surface area contributed by atoms with Crippen molar-refractivity contribution in [3.63, 3.8) is 0 Å². The highest BCUT2D eigenvalue weighted by atomic mass is 16.4. The Morgan fingerprint density at radius 2 is 2.32 bits per heavy atom. The lowest BCUT2D eigenvalue weighted by Crippen LogP contribution is -2.29. The SMILES string of the molecule is N#Cc1ccc(C(=O)N2CCC(CC(=O)O)C2)nc1. The molecule has 1 fully saturated rings. The van der Waals surface area contributed by atoms with Crippen LogP contribution in [0.25, 0.3) is 0 Å². The van der Waals surface area contributed by atoms with Crippen molar-refractivity contribution in [3.8, 4) is 6.07 Å². The number of nitriles is 1. The second-order valence-electron chi connectivity index (χ2n) is 4.55. The molecule has 0 bridgehead atoms. The minimum Gasteiger partial charge on any atom is -0.481 e. The first-order chi connectivity index (χ1) is 9.10. The van der Waals surface area contributed by atoms with Gasteiger partial charge in [-0.2, -0.15) is 5.26 Å². The zero-order valence-electron chi connectivity index (χ0n) is 10.2. The third kappa shape index (κ3) is 3.07. The van der Waals surface area contributed by atoms with Crippen LogP contribution in [-0.2, 0) is 4.79 Å². The fraction of sp³-hybridized carbons (Fsp3) is 0.385. The van der Waals surface area contributed by atoms with Crippen LogP contribution in [0.15, 0.2) is 18.3 Å². The minimum atomic E-state index is -0.837. The molecular weight excluding hydrogens is 246 g/mol. The number of rotatable bonds is 3. The van der Waals surface area contributed by atoms with E-state index in [4.69, 9.17) is 10.4 Å². The van der Waals surface area contributed by atoms with Crippen molar-refractivity contribution in [2.45, 2.75) is 12.8 Å². The van der Waals surface area contributed by atoms with Gasteiger partial charge in [0.1, 0.15) is 11.8 Å². The Morgan fingerprint density at radius 3 is 2.89 bits per heavy atom. The number of carboxylic acids is 1. The molecule has 0 aromatic carbocycles. The Bertz CT molecular complexity index is 533. The number of carboxylic acid groups (broad SMARTS) is 1. The van der Waals surface area contributed by atoms with E-state index in [1.54, 1.807) is 11.0 Å². The number of pyridine rings is 1. The average Bonchev–Trinajstić information content (AvgIpc) is 2.85. The molecule has 1 N–H and O–H groups in total. The molecule has 98 valence electrons. The Hall–Kier alpha value is -2.42. The van der Waals surface area contributed by atoms with Crippen molar-refractivity contribution in [3.05, 3.63) is 29.6 Å². The highest BCUT2D eigenvalue weighted by Crippen LogP contribution is 2.21. The van der Waals surface area contributed by atoms with Gasteiger partial charge in [-0.25, -0.2) is 4.98 Å². The molecule has 19 heavy (non-hydrogen) atoms. The van der Waals surface area contributed by atoms with Crippen LogP contribution in [-0.4, -0.2) is 40.0 Å². The second kappa shape index (κ2) is 5.48. The Morgan fingerprint density at radius 1 is 1.53 bits per heavy atom. The molecule has 1 aliphatic rings. The molecule has 1 aromatic heterocycles. The van der Waals surface area contributed by atoms with Crippen molar-refractivity contribution in [1.82, 2.24) is 9.88 Å². The highest BCUT2D eigenvalue weighted by Gasteiger charge is 2.28. The normalized spacial score (nSPS) is 18.1. The van der Waals surface area contributed by atoms with Crippen molar-refractivity contribution in [1.29, 1.82) is 5.26 Å². The van der Waals surface area contributed by atoms with Gasteiger partial charge in [-0.15, -0.1) is 0 Å². The van der Waals surface area contributed by atoms with Crippen LogP contribution < -0.4 is 0 Å². The van der Waals surface area contributed by atoms with Gasteiger partial charge in [-0.1, -0.05) is 0 Å². The zero-order valence-corrected chi connectivity index (χ0v) is 10.2. The summed E-state index contributed by atoms with van der Waals surface area (Å²) >= 11 is 0. The fourth-order valence-electron chi connectivity index (χ4n) is 2.18. The van der Waals surface area contributed by atoms with Crippen molar-refractivity contribution in [2.24, 2.45) is 5.92 Å². The molecule has 0 aliphatic carbocycles. The molecule has 6 heteroatoms.